The predicted octanol–water partition coefficient (Wildman–Crippen LogP) is 1.74. The van der Waals surface area contributed by atoms with Crippen LogP contribution in [0.3, 0.4) is 0 Å². The van der Waals surface area contributed by atoms with Crippen LogP contribution in [-0.4, -0.2) is 25.7 Å². The number of amides is 1. The van der Waals surface area contributed by atoms with Gasteiger partial charge in [0.25, 0.3) is 0 Å². The lowest BCUT2D eigenvalue weighted by atomic mass is 10.1. The van der Waals surface area contributed by atoms with Gasteiger partial charge in [0.15, 0.2) is 11.6 Å². The van der Waals surface area contributed by atoms with Crippen LogP contribution < -0.4 is 5.73 Å². The van der Waals surface area contributed by atoms with Crippen molar-refractivity contribution in [2.45, 2.75) is 46.6 Å². The Morgan fingerprint density at radius 3 is 2.52 bits per heavy atom. The normalized spacial score (nSPS) is 11.7. The van der Waals surface area contributed by atoms with E-state index in [9.17, 15) is 4.79 Å². The highest BCUT2D eigenvalue weighted by Crippen LogP contribution is 2.26. The zero-order valence-corrected chi connectivity index (χ0v) is 13.1. The Morgan fingerprint density at radius 1 is 1.33 bits per heavy atom. The fourth-order valence-corrected chi connectivity index (χ4v) is 2.16. The summed E-state index contributed by atoms with van der Waals surface area (Å²) in [4.78, 5) is 19.9. The minimum atomic E-state index is -0.439. The van der Waals surface area contributed by atoms with Gasteiger partial charge in [0.1, 0.15) is 0 Å². The second kappa shape index (κ2) is 5.27. The number of aryl methyl sites for hydroxylation is 2. The first-order chi connectivity index (χ1) is 9.68. The number of nitrogens with two attached hydrogens (primary N) is 1. The van der Waals surface area contributed by atoms with E-state index in [1.54, 1.807) is 6.20 Å². The summed E-state index contributed by atoms with van der Waals surface area (Å²) in [6.07, 6.45) is 1.83. The number of nitrogens with zero attached hydrogens (tertiary/aromatic N) is 4. The number of carbonyl (C=O) groups excluding carboxylic acids is 1. The zero-order valence-electron chi connectivity index (χ0n) is 13.1. The van der Waals surface area contributed by atoms with Crippen LogP contribution in [0.5, 0.6) is 0 Å². The van der Waals surface area contributed by atoms with E-state index in [0.717, 1.165) is 16.8 Å². The van der Waals surface area contributed by atoms with E-state index < -0.39 is 5.91 Å². The molecule has 6 heteroatoms. The average Bonchev–Trinajstić information content (AvgIpc) is 2.71. The van der Waals surface area contributed by atoms with Crippen molar-refractivity contribution in [3.05, 3.63) is 29.3 Å². The van der Waals surface area contributed by atoms with Crippen LogP contribution in [0.1, 0.15) is 37.9 Å². The maximum absolute atomic E-state index is 11.1. The second-order valence-electron chi connectivity index (χ2n) is 6.22. The molecule has 21 heavy (non-hydrogen) atoms. The highest BCUT2D eigenvalue weighted by atomic mass is 16.1. The summed E-state index contributed by atoms with van der Waals surface area (Å²) >= 11 is 0. The van der Waals surface area contributed by atoms with Gasteiger partial charge in [-0.15, -0.1) is 0 Å². The molecule has 2 N–H and O–H groups in total. The molecule has 0 fully saturated rings. The Kier molecular flexibility index (Phi) is 3.80. The monoisotopic (exact) mass is 287 g/mol. The Labute approximate surface area is 124 Å². The van der Waals surface area contributed by atoms with Gasteiger partial charge in [0.2, 0.25) is 5.91 Å². The molecule has 2 rings (SSSR count). The molecule has 0 aliphatic heterocycles. The number of aromatic nitrogens is 4. The van der Waals surface area contributed by atoms with E-state index in [1.165, 1.54) is 0 Å². The molecule has 0 saturated carbocycles. The van der Waals surface area contributed by atoms with Gasteiger partial charge in [-0.25, -0.2) is 9.67 Å². The fraction of sp³-hybridized carbons (Fsp3) is 0.467. The molecule has 0 bridgehead atoms. The lowest BCUT2D eigenvalue weighted by Gasteiger charge is -2.21. The molecule has 1 amide bonds. The van der Waals surface area contributed by atoms with E-state index in [1.807, 2.05) is 45.4 Å². The number of carbonyl (C=O) groups is 1. The number of hydrogen-bond donors (Lipinski definition) is 1. The van der Waals surface area contributed by atoms with Crippen molar-refractivity contribution >= 4 is 5.91 Å². The maximum atomic E-state index is 11.1. The molecule has 0 atom stereocenters. The molecule has 0 unspecified atom stereocenters. The summed E-state index contributed by atoms with van der Waals surface area (Å²) in [5.74, 6) is 0.711. The summed E-state index contributed by atoms with van der Waals surface area (Å²) in [5, 5.41) is 4.44. The average molecular weight is 287 g/mol. The molecule has 2 heterocycles. The molecular formula is C15H21N5O. The summed E-state index contributed by atoms with van der Waals surface area (Å²) < 4.78 is 1.82. The number of primary amides is 1. The summed E-state index contributed by atoms with van der Waals surface area (Å²) in [6.45, 7) is 10.1. The van der Waals surface area contributed by atoms with Crippen LogP contribution in [0.25, 0.3) is 11.4 Å². The lowest BCUT2D eigenvalue weighted by Crippen LogP contribution is -2.25. The van der Waals surface area contributed by atoms with Crippen molar-refractivity contribution in [1.82, 2.24) is 19.7 Å². The van der Waals surface area contributed by atoms with E-state index in [4.69, 9.17) is 5.73 Å². The van der Waals surface area contributed by atoms with Crippen molar-refractivity contribution in [1.29, 1.82) is 0 Å². The molecule has 0 saturated heterocycles. The van der Waals surface area contributed by atoms with Crippen molar-refractivity contribution in [2.24, 2.45) is 5.73 Å². The van der Waals surface area contributed by atoms with Gasteiger partial charge in [0, 0.05) is 17.5 Å². The van der Waals surface area contributed by atoms with Crippen molar-refractivity contribution < 1.29 is 4.79 Å². The van der Waals surface area contributed by atoms with Gasteiger partial charge in [-0.2, -0.15) is 5.10 Å². The van der Waals surface area contributed by atoms with Crippen LogP contribution in [-0.2, 0) is 16.8 Å². The minimum absolute atomic E-state index is 0.0361. The molecule has 0 spiro atoms. The first-order valence-corrected chi connectivity index (χ1v) is 6.87. The van der Waals surface area contributed by atoms with Crippen molar-refractivity contribution in [3.8, 4) is 11.4 Å². The molecule has 112 valence electrons. The Bertz CT molecular complexity index is 682. The van der Waals surface area contributed by atoms with Gasteiger partial charge in [-0.1, -0.05) is 0 Å². The first kappa shape index (κ1) is 15.2. The second-order valence-corrected chi connectivity index (χ2v) is 6.22. The van der Waals surface area contributed by atoms with Gasteiger partial charge in [-0.05, 0) is 46.2 Å². The summed E-state index contributed by atoms with van der Waals surface area (Å²) in [7, 11) is 0. The highest BCUT2D eigenvalue weighted by Gasteiger charge is 2.23. The molecular weight excluding hydrogens is 266 g/mol. The Balaban J connectivity index is 2.60. The lowest BCUT2D eigenvalue weighted by molar-refractivity contribution is -0.117. The number of pyridine rings is 1. The Morgan fingerprint density at radius 2 is 2.00 bits per heavy atom. The largest absolute Gasteiger partial charge is 0.369 e. The Hall–Kier alpha value is -2.24. The van der Waals surface area contributed by atoms with E-state index in [-0.39, 0.29) is 12.0 Å². The standard InChI is InChI=1S/C15H21N5O/c1-9-6-10(2)17-8-11(9)14-18-13(7-12(16)21)19-20(14)15(3,4)5/h6,8H,7H2,1-5H3,(H2,16,21). The zero-order chi connectivity index (χ0) is 15.8. The number of rotatable bonds is 3. The van der Waals surface area contributed by atoms with Crippen LogP contribution in [0, 0.1) is 13.8 Å². The van der Waals surface area contributed by atoms with E-state index in [0.29, 0.717) is 11.6 Å². The van der Waals surface area contributed by atoms with Gasteiger partial charge >= 0.3 is 0 Å². The molecule has 0 aromatic carbocycles. The highest BCUT2D eigenvalue weighted by molar-refractivity contribution is 5.75. The molecule has 2 aromatic rings. The predicted molar refractivity (Wildman–Crippen MR) is 80.6 cm³/mol. The molecule has 0 aliphatic carbocycles. The van der Waals surface area contributed by atoms with Gasteiger partial charge < -0.3 is 5.73 Å². The van der Waals surface area contributed by atoms with Crippen LogP contribution in [0.4, 0.5) is 0 Å². The fourth-order valence-electron chi connectivity index (χ4n) is 2.16. The third kappa shape index (κ3) is 3.26. The van der Waals surface area contributed by atoms with E-state index >= 15 is 0 Å². The van der Waals surface area contributed by atoms with Gasteiger partial charge in [0.05, 0.1) is 12.0 Å². The molecule has 2 aromatic heterocycles. The SMILES string of the molecule is Cc1cc(C)c(-c2nc(CC(N)=O)nn2C(C)(C)C)cn1. The van der Waals surface area contributed by atoms with Crippen LogP contribution in [0.2, 0.25) is 0 Å². The molecule has 0 aliphatic rings. The maximum Gasteiger partial charge on any atom is 0.225 e. The topological polar surface area (TPSA) is 86.7 Å². The molecule has 6 nitrogen and oxygen atoms in total. The third-order valence-corrected chi connectivity index (χ3v) is 3.11. The minimum Gasteiger partial charge on any atom is -0.369 e. The van der Waals surface area contributed by atoms with Crippen LogP contribution in [0.15, 0.2) is 12.3 Å². The third-order valence-electron chi connectivity index (χ3n) is 3.11. The quantitative estimate of drug-likeness (QED) is 0.931. The van der Waals surface area contributed by atoms with Crippen molar-refractivity contribution in [2.75, 3.05) is 0 Å². The smallest absolute Gasteiger partial charge is 0.225 e. The van der Waals surface area contributed by atoms with Crippen molar-refractivity contribution in [3.63, 3.8) is 0 Å². The summed E-state index contributed by atoms with van der Waals surface area (Å²) in [5.41, 5.74) is 7.93. The van der Waals surface area contributed by atoms with E-state index in [2.05, 4.69) is 15.1 Å². The number of hydrogen-bond acceptors (Lipinski definition) is 4. The van der Waals surface area contributed by atoms with Gasteiger partial charge in [-0.3, -0.25) is 9.78 Å². The first-order valence-electron chi connectivity index (χ1n) is 6.87. The summed E-state index contributed by atoms with van der Waals surface area (Å²) in [6, 6.07) is 2.00. The molecule has 0 radical (unpaired) electrons. The van der Waals surface area contributed by atoms with Crippen LogP contribution >= 0.6 is 0 Å².